The van der Waals surface area contributed by atoms with E-state index in [0.29, 0.717) is 38.8 Å². The van der Waals surface area contributed by atoms with Crippen LogP contribution in [0.5, 0.6) is 0 Å². The van der Waals surface area contributed by atoms with Gasteiger partial charge in [0.2, 0.25) is 0 Å². The molecule has 26 heavy (non-hydrogen) atoms. The van der Waals surface area contributed by atoms with Gasteiger partial charge < -0.3 is 25.2 Å². The standard InChI is InChI=1S/C17H34N4O4.HI/c1-6-18-15(19-11-14(22)25-16(2,3)4)20-12-17(5,23)13-21-7-9-24-10-8-21;/h23H,6-13H2,1-5H3,(H2,18,19,20);1H. The number of nitrogens with zero attached hydrogens (tertiary/aromatic N) is 2. The number of β-amino-alcohol motifs (C(OH)–C–C–N with tert-alkyl or cyclic N) is 1. The summed E-state index contributed by atoms with van der Waals surface area (Å²) in [7, 11) is 0. The van der Waals surface area contributed by atoms with Gasteiger partial charge >= 0.3 is 5.97 Å². The number of carbonyl (C=O) groups excluding carboxylic acids is 1. The van der Waals surface area contributed by atoms with Crippen molar-refractivity contribution < 1.29 is 19.4 Å². The number of aliphatic hydroxyl groups is 1. The molecule has 0 spiro atoms. The molecule has 1 fully saturated rings. The molecule has 8 nitrogen and oxygen atoms in total. The van der Waals surface area contributed by atoms with E-state index in [0.717, 1.165) is 13.1 Å². The maximum Gasteiger partial charge on any atom is 0.328 e. The number of esters is 1. The molecule has 1 saturated heterocycles. The molecule has 0 radical (unpaired) electrons. The highest BCUT2D eigenvalue weighted by Crippen LogP contribution is 2.08. The van der Waals surface area contributed by atoms with Crippen molar-refractivity contribution in [3.63, 3.8) is 0 Å². The zero-order valence-electron chi connectivity index (χ0n) is 16.6. The lowest BCUT2D eigenvalue weighted by Gasteiger charge is -2.34. The zero-order chi connectivity index (χ0) is 18.9. The van der Waals surface area contributed by atoms with Gasteiger partial charge in [0, 0.05) is 32.7 Å². The monoisotopic (exact) mass is 486 g/mol. The summed E-state index contributed by atoms with van der Waals surface area (Å²) in [5, 5.41) is 16.8. The van der Waals surface area contributed by atoms with Gasteiger partial charge in [0.15, 0.2) is 5.96 Å². The van der Waals surface area contributed by atoms with Crippen LogP contribution in [0.4, 0.5) is 0 Å². The quantitative estimate of drug-likeness (QED) is 0.210. The fourth-order valence-electron chi connectivity index (χ4n) is 2.43. The molecule has 1 aliphatic heterocycles. The summed E-state index contributed by atoms with van der Waals surface area (Å²) in [6, 6.07) is 0. The fourth-order valence-corrected chi connectivity index (χ4v) is 2.43. The van der Waals surface area contributed by atoms with Crippen LogP contribution in [0.15, 0.2) is 4.99 Å². The number of rotatable bonds is 7. The molecule has 0 aromatic heterocycles. The molecule has 1 unspecified atom stereocenters. The van der Waals surface area contributed by atoms with Crippen LogP contribution in [-0.2, 0) is 14.3 Å². The topological polar surface area (TPSA) is 95.4 Å². The normalized spacial score (nSPS) is 18.5. The molecule has 0 aliphatic carbocycles. The van der Waals surface area contributed by atoms with Gasteiger partial charge in [-0.1, -0.05) is 0 Å². The van der Waals surface area contributed by atoms with E-state index >= 15 is 0 Å². The Bertz CT molecular complexity index is 447. The number of morpholine rings is 1. The second kappa shape index (κ2) is 11.9. The molecular weight excluding hydrogens is 451 g/mol. The Labute approximate surface area is 174 Å². The van der Waals surface area contributed by atoms with E-state index in [2.05, 4.69) is 20.5 Å². The van der Waals surface area contributed by atoms with Crippen molar-refractivity contribution in [3.8, 4) is 0 Å². The minimum atomic E-state index is -0.917. The van der Waals surface area contributed by atoms with Crippen molar-refractivity contribution in [1.82, 2.24) is 15.5 Å². The number of nitrogens with one attached hydrogen (secondary N) is 2. The van der Waals surface area contributed by atoms with E-state index in [-0.39, 0.29) is 36.5 Å². The number of hydrogen-bond acceptors (Lipinski definition) is 6. The average molecular weight is 486 g/mol. The van der Waals surface area contributed by atoms with Gasteiger partial charge in [-0.05, 0) is 34.6 Å². The molecule has 9 heteroatoms. The van der Waals surface area contributed by atoms with Gasteiger partial charge in [-0.15, -0.1) is 24.0 Å². The van der Waals surface area contributed by atoms with Crippen LogP contribution in [0.1, 0.15) is 34.6 Å². The first-order valence-electron chi connectivity index (χ1n) is 8.88. The molecule has 0 aromatic rings. The second-order valence-electron chi connectivity index (χ2n) is 7.52. The van der Waals surface area contributed by atoms with Gasteiger partial charge in [0.05, 0.1) is 18.8 Å². The highest BCUT2D eigenvalue weighted by atomic mass is 127. The number of halogens is 1. The number of guanidine groups is 1. The minimum absolute atomic E-state index is 0. The number of carbonyl (C=O) groups is 1. The van der Waals surface area contributed by atoms with Crippen molar-refractivity contribution in [2.45, 2.75) is 45.8 Å². The molecule has 0 aromatic carbocycles. The Balaban J connectivity index is 0.00000625. The molecular formula is C17H35IN4O4. The highest BCUT2D eigenvalue weighted by Gasteiger charge is 2.25. The summed E-state index contributed by atoms with van der Waals surface area (Å²) in [6.45, 7) is 13.7. The molecule has 1 aliphatic rings. The van der Waals surface area contributed by atoms with Gasteiger partial charge in [0.25, 0.3) is 0 Å². The van der Waals surface area contributed by atoms with Crippen molar-refractivity contribution in [2.24, 2.45) is 4.99 Å². The summed E-state index contributed by atoms with van der Waals surface area (Å²) in [5.74, 6) is 0.0976. The third-order valence-electron chi connectivity index (χ3n) is 3.44. The lowest BCUT2D eigenvalue weighted by Crippen LogP contribution is -2.53. The van der Waals surface area contributed by atoms with Crippen molar-refractivity contribution >= 4 is 35.9 Å². The molecule has 154 valence electrons. The maximum absolute atomic E-state index is 11.8. The van der Waals surface area contributed by atoms with E-state index in [9.17, 15) is 9.90 Å². The van der Waals surface area contributed by atoms with Crippen LogP contribution in [0.3, 0.4) is 0 Å². The summed E-state index contributed by atoms with van der Waals surface area (Å²) in [4.78, 5) is 18.2. The Morgan fingerprint density at radius 1 is 1.23 bits per heavy atom. The number of aliphatic imine (C=N–C) groups is 1. The predicted molar refractivity (Wildman–Crippen MR) is 113 cm³/mol. The van der Waals surface area contributed by atoms with Gasteiger partial charge in [0.1, 0.15) is 12.1 Å². The third-order valence-corrected chi connectivity index (χ3v) is 3.44. The lowest BCUT2D eigenvalue weighted by molar-refractivity contribution is -0.152. The summed E-state index contributed by atoms with van der Waals surface area (Å²) < 4.78 is 10.6. The Kier molecular flexibility index (Phi) is 11.6. The highest BCUT2D eigenvalue weighted by molar-refractivity contribution is 14.0. The Hall–Kier alpha value is -0.650. The summed E-state index contributed by atoms with van der Waals surface area (Å²) in [6.07, 6.45) is 0. The van der Waals surface area contributed by atoms with Crippen LogP contribution >= 0.6 is 24.0 Å². The van der Waals surface area contributed by atoms with Crippen molar-refractivity contribution in [2.75, 3.05) is 52.5 Å². The van der Waals surface area contributed by atoms with E-state index in [1.54, 1.807) is 6.92 Å². The smallest absolute Gasteiger partial charge is 0.328 e. The van der Waals surface area contributed by atoms with Gasteiger partial charge in [-0.3, -0.25) is 9.69 Å². The zero-order valence-corrected chi connectivity index (χ0v) is 19.0. The van der Waals surface area contributed by atoms with Gasteiger partial charge in [-0.2, -0.15) is 0 Å². The van der Waals surface area contributed by atoms with Crippen LogP contribution < -0.4 is 10.6 Å². The summed E-state index contributed by atoms with van der Waals surface area (Å²) in [5.41, 5.74) is -1.44. The first-order chi connectivity index (χ1) is 11.6. The largest absolute Gasteiger partial charge is 0.459 e. The third kappa shape index (κ3) is 11.9. The van der Waals surface area contributed by atoms with Gasteiger partial charge in [-0.25, -0.2) is 4.99 Å². The maximum atomic E-state index is 11.8. The molecule has 0 amide bonds. The molecule has 1 heterocycles. The molecule has 1 rings (SSSR count). The Morgan fingerprint density at radius 3 is 2.38 bits per heavy atom. The second-order valence-corrected chi connectivity index (χ2v) is 7.52. The molecule has 3 N–H and O–H groups in total. The van der Waals surface area contributed by atoms with Crippen molar-refractivity contribution in [1.29, 1.82) is 0 Å². The predicted octanol–water partition coefficient (Wildman–Crippen LogP) is 0.584. The fraction of sp³-hybridized carbons (Fsp3) is 0.882. The first-order valence-corrected chi connectivity index (χ1v) is 8.88. The number of hydrogen-bond donors (Lipinski definition) is 3. The van der Waals surface area contributed by atoms with E-state index in [1.807, 2.05) is 27.7 Å². The minimum Gasteiger partial charge on any atom is -0.459 e. The van der Waals surface area contributed by atoms with Crippen molar-refractivity contribution in [3.05, 3.63) is 0 Å². The Morgan fingerprint density at radius 2 is 1.85 bits per heavy atom. The first kappa shape index (κ1) is 25.4. The average Bonchev–Trinajstić information content (AvgIpc) is 2.49. The SMILES string of the molecule is CCNC(=NCC(=O)OC(C)(C)C)NCC(C)(O)CN1CCOCC1.I. The lowest BCUT2D eigenvalue weighted by atomic mass is 10.1. The van der Waals surface area contributed by atoms with E-state index < -0.39 is 11.2 Å². The summed E-state index contributed by atoms with van der Waals surface area (Å²) >= 11 is 0. The van der Waals surface area contributed by atoms with Crippen LogP contribution in [-0.4, -0.2) is 85.6 Å². The number of ether oxygens (including phenoxy) is 2. The van der Waals surface area contributed by atoms with E-state index in [1.165, 1.54) is 0 Å². The van der Waals surface area contributed by atoms with Crippen LogP contribution in [0, 0.1) is 0 Å². The van der Waals surface area contributed by atoms with Crippen LogP contribution in [0.25, 0.3) is 0 Å². The molecule has 0 saturated carbocycles. The molecule has 1 atom stereocenters. The van der Waals surface area contributed by atoms with E-state index in [4.69, 9.17) is 9.47 Å². The molecule has 0 bridgehead atoms. The van der Waals surface area contributed by atoms with Crippen LogP contribution in [0.2, 0.25) is 0 Å².